The lowest BCUT2D eigenvalue weighted by Gasteiger charge is -2.26. The quantitative estimate of drug-likeness (QED) is 0.696. The Kier molecular flexibility index (Phi) is 5.41. The molecule has 4 rings (SSSR count). The molecule has 140 valence electrons. The van der Waals surface area contributed by atoms with Gasteiger partial charge in [0.2, 0.25) is 5.95 Å². The zero-order chi connectivity index (χ0) is 18.5. The van der Waals surface area contributed by atoms with Gasteiger partial charge >= 0.3 is 0 Å². The van der Waals surface area contributed by atoms with Gasteiger partial charge < -0.3 is 15.4 Å². The van der Waals surface area contributed by atoms with Gasteiger partial charge in [-0.25, -0.2) is 4.98 Å². The minimum absolute atomic E-state index is 0.590. The maximum atomic E-state index is 5.38. The third-order valence-electron chi connectivity index (χ3n) is 4.55. The standard InChI is InChI=1S/C20H24N6O/c1-15-13-19(22-7-8-26-9-11-27-12-10-26)25-20(23-15)24-17-4-5-18-16(14-17)3-2-6-21-18/h2-6,13-14H,7-12H2,1H3,(H2,22,23,24,25). The normalized spacial score (nSPS) is 15.0. The maximum absolute atomic E-state index is 5.38. The Hall–Kier alpha value is -2.77. The van der Waals surface area contributed by atoms with E-state index in [1.165, 1.54) is 0 Å². The molecular formula is C20H24N6O. The fraction of sp³-hybridized carbons (Fsp3) is 0.350. The van der Waals surface area contributed by atoms with Crippen molar-refractivity contribution >= 4 is 28.4 Å². The number of nitrogens with zero attached hydrogens (tertiary/aromatic N) is 4. The lowest BCUT2D eigenvalue weighted by Crippen LogP contribution is -2.39. The molecule has 0 amide bonds. The molecule has 2 aromatic heterocycles. The van der Waals surface area contributed by atoms with E-state index in [0.29, 0.717) is 5.95 Å². The SMILES string of the molecule is Cc1cc(NCCN2CCOCC2)nc(Nc2ccc3ncccc3c2)n1. The van der Waals surface area contributed by atoms with Crippen LogP contribution in [0.5, 0.6) is 0 Å². The number of fused-ring (bicyclic) bond motifs is 1. The number of ether oxygens (including phenoxy) is 1. The Bertz CT molecular complexity index is 910. The van der Waals surface area contributed by atoms with E-state index in [9.17, 15) is 0 Å². The van der Waals surface area contributed by atoms with E-state index in [2.05, 4.69) is 36.6 Å². The van der Waals surface area contributed by atoms with Crippen LogP contribution < -0.4 is 10.6 Å². The van der Waals surface area contributed by atoms with Crippen LogP contribution in [0, 0.1) is 6.92 Å². The number of nitrogens with one attached hydrogen (secondary N) is 2. The molecular weight excluding hydrogens is 340 g/mol. The van der Waals surface area contributed by atoms with Crippen molar-refractivity contribution in [1.82, 2.24) is 19.9 Å². The van der Waals surface area contributed by atoms with E-state index in [4.69, 9.17) is 4.74 Å². The van der Waals surface area contributed by atoms with Gasteiger partial charge in [0.05, 0.1) is 18.7 Å². The predicted molar refractivity (Wildman–Crippen MR) is 108 cm³/mol. The van der Waals surface area contributed by atoms with Crippen molar-refractivity contribution in [3.8, 4) is 0 Å². The summed E-state index contributed by atoms with van der Waals surface area (Å²) in [6, 6.07) is 12.0. The molecule has 0 bridgehead atoms. The van der Waals surface area contributed by atoms with Gasteiger partial charge in [0.15, 0.2) is 0 Å². The van der Waals surface area contributed by atoms with Gasteiger partial charge in [-0.2, -0.15) is 4.98 Å². The van der Waals surface area contributed by atoms with Crippen molar-refractivity contribution < 1.29 is 4.74 Å². The number of pyridine rings is 1. The van der Waals surface area contributed by atoms with E-state index in [0.717, 1.165) is 67.5 Å². The summed E-state index contributed by atoms with van der Waals surface area (Å²) >= 11 is 0. The van der Waals surface area contributed by atoms with Crippen LogP contribution in [-0.4, -0.2) is 59.2 Å². The summed E-state index contributed by atoms with van der Waals surface area (Å²) < 4.78 is 5.38. The second kappa shape index (κ2) is 8.28. The molecule has 1 fully saturated rings. The first-order valence-electron chi connectivity index (χ1n) is 9.28. The average Bonchev–Trinajstić information content (AvgIpc) is 2.68. The van der Waals surface area contributed by atoms with Crippen LogP contribution in [0.15, 0.2) is 42.6 Å². The molecule has 0 radical (unpaired) electrons. The molecule has 0 spiro atoms. The number of hydrogen-bond donors (Lipinski definition) is 2. The molecule has 0 atom stereocenters. The lowest BCUT2D eigenvalue weighted by molar-refractivity contribution is 0.0398. The highest BCUT2D eigenvalue weighted by Gasteiger charge is 2.10. The summed E-state index contributed by atoms with van der Waals surface area (Å²) in [7, 11) is 0. The van der Waals surface area contributed by atoms with Gasteiger partial charge in [-0.15, -0.1) is 0 Å². The zero-order valence-electron chi connectivity index (χ0n) is 15.5. The minimum atomic E-state index is 0.590. The van der Waals surface area contributed by atoms with Gasteiger partial charge in [-0.1, -0.05) is 6.07 Å². The molecule has 27 heavy (non-hydrogen) atoms. The Labute approximate surface area is 158 Å². The molecule has 3 aromatic rings. The Morgan fingerprint density at radius 3 is 2.89 bits per heavy atom. The Morgan fingerprint density at radius 1 is 1.11 bits per heavy atom. The van der Waals surface area contributed by atoms with Gasteiger partial charge in [0, 0.05) is 55.2 Å². The second-order valence-electron chi connectivity index (χ2n) is 6.63. The molecule has 2 N–H and O–H groups in total. The molecule has 0 saturated carbocycles. The number of benzene rings is 1. The Morgan fingerprint density at radius 2 is 2.00 bits per heavy atom. The summed E-state index contributed by atoms with van der Waals surface area (Å²) in [5.41, 5.74) is 2.84. The fourth-order valence-electron chi connectivity index (χ4n) is 3.16. The van der Waals surface area contributed by atoms with E-state index in [1.54, 1.807) is 6.20 Å². The van der Waals surface area contributed by atoms with E-state index < -0.39 is 0 Å². The lowest BCUT2D eigenvalue weighted by atomic mass is 10.2. The largest absolute Gasteiger partial charge is 0.379 e. The number of hydrogen-bond acceptors (Lipinski definition) is 7. The molecule has 0 aliphatic carbocycles. The van der Waals surface area contributed by atoms with Crippen LogP contribution in [0.2, 0.25) is 0 Å². The molecule has 0 unspecified atom stereocenters. The van der Waals surface area contributed by atoms with Crippen molar-refractivity contribution in [2.75, 3.05) is 50.0 Å². The van der Waals surface area contributed by atoms with Crippen molar-refractivity contribution in [2.45, 2.75) is 6.92 Å². The monoisotopic (exact) mass is 364 g/mol. The number of aryl methyl sites for hydroxylation is 1. The van der Waals surface area contributed by atoms with E-state index in [-0.39, 0.29) is 0 Å². The second-order valence-corrected chi connectivity index (χ2v) is 6.63. The fourth-order valence-corrected chi connectivity index (χ4v) is 3.16. The van der Waals surface area contributed by atoms with Crippen LogP contribution >= 0.6 is 0 Å². The van der Waals surface area contributed by atoms with Gasteiger partial charge in [0.25, 0.3) is 0 Å². The summed E-state index contributed by atoms with van der Waals surface area (Å²) in [5, 5.41) is 7.79. The third-order valence-corrected chi connectivity index (χ3v) is 4.55. The highest BCUT2D eigenvalue weighted by atomic mass is 16.5. The molecule has 1 saturated heterocycles. The molecule has 3 heterocycles. The van der Waals surface area contributed by atoms with E-state index >= 15 is 0 Å². The molecule has 1 aliphatic heterocycles. The molecule has 7 heteroatoms. The zero-order valence-corrected chi connectivity index (χ0v) is 15.5. The smallest absolute Gasteiger partial charge is 0.229 e. The van der Waals surface area contributed by atoms with Gasteiger partial charge in [-0.05, 0) is 31.2 Å². The number of aromatic nitrogens is 3. The van der Waals surface area contributed by atoms with Crippen molar-refractivity contribution in [3.05, 3.63) is 48.3 Å². The summed E-state index contributed by atoms with van der Waals surface area (Å²) in [6.07, 6.45) is 1.80. The first-order chi connectivity index (χ1) is 13.3. The summed E-state index contributed by atoms with van der Waals surface area (Å²) in [6.45, 7) is 7.43. The van der Waals surface area contributed by atoms with Crippen LogP contribution in [0.3, 0.4) is 0 Å². The molecule has 7 nitrogen and oxygen atoms in total. The van der Waals surface area contributed by atoms with Gasteiger partial charge in [-0.3, -0.25) is 9.88 Å². The topological polar surface area (TPSA) is 75.2 Å². The first-order valence-corrected chi connectivity index (χ1v) is 9.28. The number of anilines is 3. The van der Waals surface area contributed by atoms with Crippen molar-refractivity contribution in [2.24, 2.45) is 0 Å². The number of morpholine rings is 1. The third kappa shape index (κ3) is 4.69. The average molecular weight is 364 g/mol. The van der Waals surface area contributed by atoms with Crippen LogP contribution in [0.1, 0.15) is 5.69 Å². The molecule has 1 aromatic carbocycles. The van der Waals surface area contributed by atoms with Crippen molar-refractivity contribution in [3.63, 3.8) is 0 Å². The first kappa shape index (κ1) is 17.6. The molecule has 1 aliphatic rings. The van der Waals surface area contributed by atoms with Crippen LogP contribution in [-0.2, 0) is 4.74 Å². The predicted octanol–water partition coefficient (Wildman–Crippen LogP) is 2.82. The maximum Gasteiger partial charge on any atom is 0.229 e. The Balaban J connectivity index is 1.41. The van der Waals surface area contributed by atoms with Crippen molar-refractivity contribution in [1.29, 1.82) is 0 Å². The number of rotatable bonds is 6. The van der Waals surface area contributed by atoms with Gasteiger partial charge in [0.1, 0.15) is 5.82 Å². The van der Waals surface area contributed by atoms with Crippen LogP contribution in [0.25, 0.3) is 10.9 Å². The van der Waals surface area contributed by atoms with E-state index in [1.807, 2.05) is 37.3 Å². The highest BCUT2D eigenvalue weighted by Crippen LogP contribution is 2.20. The highest BCUT2D eigenvalue weighted by molar-refractivity contribution is 5.82. The van der Waals surface area contributed by atoms with Crippen LogP contribution in [0.4, 0.5) is 17.5 Å². The summed E-state index contributed by atoms with van der Waals surface area (Å²) in [5.74, 6) is 1.42. The summed E-state index contributed by atoms with van der Waals surface area (Å²) in [4.78, 5) is 15.8. The minimum Gasteiger partial charge on any atom is -0.379 e.